The third-order valence-corrected chi connectivity index (χ3v) is 2.30. The molecule has 0 saturated heterocycles. The zero-order valence-electron chi connectivity index (χ0n) is 10.8. The molecule has 1 aromatic heterocycles. The van der Waals surface area contributed by atoms with Gasteiger partial charge in [0.2, 0.25) is 11.2 Å². The van der Waals surface area contributed by atoms with Crippen LogP contribution in [0.15, 0.2) is 0 Å². The number of aromatic nitrogens is 3. The van der Waals surface area contributed by atoms with E-state index in [0.717, 1.165) is 12.8 Å². The molecule has 5 nitrogen and oxygen atoms in total. The molecule has 0 aromatic carbocycles. The van der Waals surface area contributed by atoms with E-state index in [9.17, 15) is 0 Å². The van der Waals surface area contributed by atoms with Gasteiger partial charge in [0, 0.05) is 14.1 Å². The predicted octanol–water partition coefficient (Wildman–Crippen LogP) is 2.41. The lowest BCUT2D eigenvalue weighted by molar-refractivity contribution is 0.275. The summed E-state index contributed by atoms with van der Waals surface area (Å²) < 4.78 is 5.45. The van der Waals surface area contributed by atoms with Gasteiger partial charge in [-0.15, -0.1) is 0 Å². The molecule has 0 aliphatic heterocycles. The Balaban J connectivity index is 2.53. The SMILES string of the molecule is CC(C)CCCOc1nc(Cl)nc(N(C)C)n1. The molecule has 0 atom stereocenters. The summed E-state index contributed by atoms with van der Waals surface area (Å²) in [5.41, 5.74) is 0. The minimum Gasteiger partial charge on any atom is -0.463 e. The number of halogens is 1. The van der Waals surface area contributed by atoms with Crippen LogP contribution in [-0.4, -0.2) is 35.7 Å². The Hall–Kier alpha value is -1.10. The van der Waals surface area contributed by atoms with Crippen molar-refractivity contribution in [3.05, 3.63) is 5.28 Å². The molecule has 1 aromatic rings. The molecule has 0 N–H and O–H groups in total. The van der Waals surface area contributed by atoms with Crippen molar-refractivity contribution in [1.29, 1.82) is 0 Å². The van der Waals surface area contributed by atoms with Crippen LogP contribution >= 0.6 is 11.6 Å². The second-order valence-electron chi connectivity index (χ2n) is 4.47. The molecule has 0 unspecified atom stereocenters. The van der Waals surface area contributed by atoms with Gasteiger partial charge in [-0.05, 0) is 30.4 Å². The lowest BCUT2D eigenvalue weighted by Crippen LogP contribution is -2.14. The van der Waals surface area contributed by atoms with Gasteiger partial charge in [-0.1, -0.05) is 13.8 Å². The van der Waals surface area contributed by atoms with E-state index in [4.69, 9.17) is 16.3 Å². The Morgan fingerprint density at radius 1 is 1.24 bits per heavy atom. The maximum absolute atomic E-state index is 5.79. The van der Waals surface area contributed by atoms with Crippen LogP contribution in [0.25, 0.3) is 0 Å². The summed E-state index contributed by atoms with van der Waals surface area (Å²) in [5.74, 6) is 1.18. The van der Waals surface area contributed by atoms with Gasteiger partial charge in [0.25, 0.3) is 0 Å². The van der Waals surface area contributed by atoms with Gasteiger partial charge in [-0.2, -0.15) is 15.0 Å². The van der Waals surface area contributed by atoms with Crippen LogP contribution in [0, 0.1) is 5.92 Å². The summed E-state index contributed by atoms with van der Waals surface area (Å²) >= 11 is 5.79. The van der Waals surface area contributed by atoms with Crippen molar-refractivity contribution in [1.82, 2.24) is 15.0 Å². The molecule has 0 fully saturated rings. The van der Waals surface area contributed by atoms with Crippen LogP contribution in [0.2, 0.25) is 5.28 Å². The Morgan fingerprint density at radius 2 is 1.94 bits per heavy atom. The van der Waals surface area contributed by atoms with Crippen molar-refractivity contribution in [2.45, 2.75) is 26.7 Å². The summed E-state index contributed by atoms with van der Waals surface area (Å²) in [6.07, 6.45) is 2.11. The minimum absolute atomic E-state index is 0.155. The predicted molar refractivity (Wildman–Crippen MR) is 68.7 cm³/mol. The van der Waals surface area contributed by atoms with Gasteiger partial charge in [0.1, 0.15) is 0 Å². The van der Waals surface area contributed by atoms with E-state index in [1.807, 2.05) is 14.1 Å². The van der Waals surface area contributed by atoms with E-state index in [0.29, 0.717) is 18.5 Å². The Labute approximate surface area is 107 Å². The number of ether oxygens (including phenoxy) is 1. The summed E-state index contributed by atoms with van der Waals surface area (Å²) in [4.78, 5) is 13.8. The molecule has 0 saturated carbocycles. The number of nitrogens with zero attached hydrogens (tertiary/aromatic N) is 4. The fraction of sp³-hybridized carbons (Fsp3) is 0.727. The molecule has 6 heteroatoms. The molecule has 1 rings (SSSR count). The van der Waals surface area contributed by atoms with E-state index in [1.54, 1.807) is 4.90 Å². The van der Waals surface area contributed by atoms with Gasteiger partial charge in [0.05, 0.1) is 6.61 Å². The van der Waals surface area contributed by atoms with Crippen LogP contribution < -0.4 is 9.64 Å². The van der Waals surface area contributed by atoms with Crippen molar-refractivity contribution in [2.75, 3.05) is 25.6 Å². The maximum atomic E-state index is 5.79. The minimum atomic E-state index is 0.155. The maximum Gasteiger partial charge on any atom is 0.322 e. The molecular formula is C11H19ClN4O. The average Bonchev–Trinajstić information content (AvgIpc) is 2.23. The summed E-state index contributed by atoms with van der Waals surface area (Å²) in [6.45, 7) is 4.97. The highest BCUT2D eigenvalue weighted by atomic mass is 35.5. The number of hydrogen-bond donors (Lipinski definition) is 0. The third kappa shape index (κ3) is 5.17. The van der Waals surface area contributed by atoms with E-state index in [-0.39, 0.29) is 11.3 Å². The number of anilines is 1. The molecular weight excluding hydrogens is 240 g/mol. The molecule has 0 amide bonds. The van der Waals surface area contributed by atoms with Crippen molar-refractivity contribution in [2.24, 2.45) is 5.92 Å². The fourth-order valence-corrected chi connectivity index (χ4v) is 1.39. The van der Waals surface area contributed by atoms with E-state index < -0.39 is 0 Å². The monoisotopic (exact) mass is 258 g/mol. The first kappa shape index (κ1) is 14.0. The lowest BCUT2D eigenvalue weighted by atomic mass is 10.1. The average molecular weight is 259 g/mol. The lowest BCUT2D eigenvalue weighted by Gasteiger charge is -2.11. The smallest absolute Gasteiger partial charge is 0.322 e. The van der Waals surface area contributed by atoms with E-state index >= 15 is 0 Å². The molecule has 96 valence electrons. The van der Waals surface area contributed by atoms with Crippen molar-refractivity contribution >= 4 is 17.5 Å². The van der Waals surface area contributed by atoms with Crippen LogP contribution in [0.1, 0.15) is 26.7 Å². The highest BCUT2D eigenvalue weighted by molar-refractivity contribution is 6.28. The quantitative estimate of drug-likeness (QED) is 0.734. The second kappa shape index (κ2) is 6.59. The number of rotatable bonds is 6. The molecule has 0 aliphatic rings. The molecule has 0 aliphatic carbocycles. The summed E-state index contributed by atoms with van der Waals surface area (Å²) in [6, 6.07) is 0.289. The number of hydrogen-bond acceptors (Lipinski definition) is 5. The van der Waals surface area contributed by atoms with Crippen molar-refractivity contribution in [3.8, 4) is 6.01 Å². The zero-order valence-corrected chi connectivity index (χ0v) is 11.5. The highest BCUT2D eigenvalue weighted by Gasteiger charge is 2.07. The first-order valence-corrected chi connectivity index (χ1v) is 6.08. The van der Waals surface area contributed by atoms with Crippen LogP contribution in [0.3, 0.4) is 0 Å². The molecule has 0 bridgehead atoms. The first-order chi connectivity index (χ1) is 7.99. The third-order valence-electron chi connectivity index (χ3n) is 2.13. The van der Waals surface area contributed by atoms with Crippen molar-refractivity contribution < 1.29 is 4.74 Å². The largest absolute Gasteiger partial charge is 0.463 e. The topological polar surface area (TPSA) is 51.1 Å². The van der Waals surface area contributed by atoms with E-state index in [1.165, 1.54) is 0 Å². The van der Waals surface area contributed by atoms with Gasteiger partial charge >= 0.3 is 6.01 Å². The van der Waals surface area contributed by atoms with Gasteiger partial charge in [-0.25, -0.2) is 0 Å². The van der Waals surface area contributed by atoms with Crippen LogP contribution in [-0.2, 0) is 0 Å². The Kier molecular flexibility index (Phi) is 5.41. The van der Waals surface area contributed by atoms with Gasteiger partial charge in [-0.3, -0.25) is 0 Å². The fourth-order valence-electron chi connectivity index (χ4n) is 1.24. The van der Waals surface area contributed by atoms with Gasteiger partial charge < -0.3 is 9.64 Å². The van der Waals surface area contributed by atoms with Gasteiger partial charge in [0.15, 0.2) is 0 Å². The molecule has 1 heterocycles. The molecule has 17 heavy (non-hydrogen) atoms. The molecule has 0 spiro atoms. The normalized spacial score (nSPS) is 10.7. The highest BCUT2D eigenvalue weighted by Crippen LogP contribution is 2.13. The van der Waals surface area contributed by atoms with Crippen LogP contribution in [0.4, 0.5) is 5.95 Å². The van der Waals surface area contributed by atoms with Crippen molar-refractivity contribution in [3.63, 3.8) is 0 Å². The Bertz CT molecular complexity index is 357. The van der Waals surface area contributed by atoms with E-state index in [2.05, 4.69) is 28.8 Å². The molecule has 0 radical (unpaired) electrons. The standard InChI is InChI=1S/C11H19ClN4O/c1-8(2)6-5-7-17-11-14-9(12)13-10(15-11)16(3)4/h8H,5-7H2,1-4H3. The van der Waals surface area contributed by atoms with Crippen LogP contribution in [0.5, 0.6) is 6.01 Å². The summed E-state index contributed by atoms with van der Waals surface area (Å²) in [5, 5.41) is 0.155. The summed E-state index contributed by atoms with van der Waals surface area (Å²) in [7, 11) is 3.68. The first-order valence-electron chi connectivity index (χ1n) is 5.70. The second-order valence-corrected chi connectivity index (χ2v) is 4.80. The Morgan fingerprint density at radius 3 is 2.53 bits per heavy atom. The zero-order chi connectivity index (χ0) is 12.8.